The summed E-state index contributed by atoms with van der Waals surface area (Å²) in [5, 5.41) is 16.0. The zero-order valence-corrected chi connectivity index (χ0v) is 20.2. The summed E-state index contributed by atoms with van der Waals surface area (Å²) >= 11 is 6.57. The summed E-state index contributed by atoms with van der Waals surface area (Å²) in [7, 11) is 4.67. The van der Waals surface area contributed by atoms with E-state index in [0.717, 1.165) is 10.9 Å². The lowest BCUT2D eigenvalue weighted by Gasteiger charge is -2.23. The number of amides is 1. The van der Waals surface area contributed by atoms with Gasteiger partial charge in [-0.05, 0) is 42.5 Å². The van der Waals surface area contributed by atoms with Crippen LogP contribution in [-0.4, -0.2) is 54.0 Å². The fraction of sp³-hybridized carbons (Fsp3) is 0.280. The largest absolute Gasteiger partial charge is 0.497 e. The SMILES string of the molecule is COc1ccc2nc(Cl)c(C3CC(c4ccc(OC)c(OC)c4)=NN3C(=O)CCC(=O)O)cc2c1. The number of ether oxygens (including phenoxy) is 3. The molecule has 2 heterocycles. The lowest BCUT2D eigenvalue weighted by molar-refractivity contribution is -0.141. The number of fused-ring (bicyclic) bond motifs is 1. The Hall–Kier alpha value is -3.85. The number of halogens is 1. The molecule has 0 saturated carbocycles. The van der Waals surface area contributed by atoms with Crippen LogP contribution < -0.4 is 14.2 Å². The van der Waals surface area contributed by atoms with E-state index >= 15 is 0 Å². The number of aromatic nitrogens is 1. The fourth-order valence-corrected chi connectivity index (χ4v) is 4.28. The Morgan fingerprint density at radius 2 is 1.80 bits per heavy atom. The summed E-state index contributed by atoms with van der Waals surface area (Å²) in [6, 6.07) is 12.1. The second-order valence-electron chi connectivity index (χ2n) is 7.90. The molecule has 0 aliphatic carbocycles. The van der Waals surface area contributed by atoms with Crippen molar-refractivity contribution < 1.29 is 28.9 Å². The highest BCUT2D eigenvalue weighted by Crippen LogP contribution is 2.39. The maximum Gasteiger partial charge on any atom is 0.303 e. The van der Waals surface area contributed by atoms with Gasteiger partial charge in [0, 0.05) is 29.4 Å². The molecule has 1 aliphatic heterocycles. The molecule has 10 heteroatoms. The number of pyridine rings is 1. The zero-order valence-electron chi connectivity index (χ0n) is 19.4. The molecular weight excluding hydrogens is 474 g/mol. The maximum atomic E-state index is 13.0. The third-order valence-electron chi connectivity index (χ3n) is 5.80. The molecule has 9 nitrogen and oxygen atoms in total. The highest BCUT2D eigenvalue weighted by atomic mass is 35.5. The molecule has 0 saturated heterocycles. The second-order valence-corrected chi connectivity index (χ2v) is 8.25. The second kappa shape index (κ2) is 10.2. The highest BCUT2D eigenvalue weighted by Gasteiger charge is 2.35. The standard InChI is InChI=1S/C25H24ClN3O6/c1-33-16-5-6-18-15(10-16)11-17(25(26)27-18)20-13-19(28-29(20)23(30)8-9-24(31)32)14-4-7-21(34-2)22(12-14)35-3/h4-7,10-12,20H,8-9,13H2,1-3H3,(H,31,32). The summed E-state index contributed by atoms with van der Waals surface area (Å²) in [6.45, 7) is 0. The average molecular weight is 498 g/mol. The first kappa shape index (κ1) is 24.3. The normalized spacial score (nSPS) is 15.1. The van der Waals surface area contributed by atoms with Crippen LogP contribution in [0.15, 0.2) is 47.6 Å². The van der Waals surface area contributed by atoms with Crippen LogP contribution in [0.1, 0.15) is 36.4 Å². The first-order chi connectivity index (χ1) is 16.8. The molecule has 1 aromatic heterocycles. The van der Waals surface area contributed by atoms with Crippen LogP contribution in [0, 0.1) is 0 Å². The van der Waals surface area contributed by atoms with Gasteiger partial charge in [0.05, 0.1) is 45.0 Å². The lowest BCUT2D eigenvalue weighted by Crippen LogP contribution is -2.27. The summed E-state index contributed by atoms with van der Waals surface area (Å²) in [4.78, 5) is 28.6. The molecule has 3 aromatic rings. The minimum absolute atomic E-state index is 0.193. The molecular formula is C25H24ClN3O6. The van der Waals surface area contributed by atoms with Crippen LogP contribution in [0.4, 0.5) is 0 Å². The van der Waals surface area contributed by atoms with Gasteiger partial charge in [0.25, 0.3) is 0 Å². The molecule has 0 radical (unpaired) electrons. The van der Waals surface area contributed by atoms with E-state index in [0.29, 0.717) is 40.5 Å². The lowest BCUT2D eigenvalue weighted by atomic mass is 9.98. The number of aliphatic carboxylic acids is 1. The van der Waals surface area contributed by atoms with Crippen LogP contribution >= 0.6 is 11.6 Å². The number of benzene rings is 2. The van der Waals surface area contributed by atoms with E-state index in [4.69, 9.17) is 30.9 Å². The molecule has 182 valence electrons. The van der Waals surface area contributed by atoms with E-state index in [1.165, 1.54) is 12.1 Å². The Labute approximate surface area is 206 Å². The van der Waals surface area contributed by atoms with Crippen LogP contribution in [0.5, 0.6) is 17.2 Å². The van der Waals surface area contributed by atoms with Gasteiger partial charge in [-0.15, -0.1) is 0 Å². The number of carbonyl (C=O) groups is 2. The quantitative estimate of drug-likeness (QED) is 0.457. The van der Waals surface area contributed by atoms with Gasteiger partial charge in [-0.3, -0.25) is 9.59 Å². The third-order valence-corrected chi connectivity index (χ3v) is 6.10. The van der Waals surface area contributed by atoms with E-state index in [1.54, 1.807) is 38.5 Å². The predicted octanol–water partition coefficient (Wildman–Crippen LogP) is 4.46. The Bertz CT molecular complexity index is 1330. The topological polar surface area (TPSA) is 111 Å². The monoisotopic (exact) mass is 497 g/mol. The Kier molecular flexibility index (Phi) is 7.07. The van der Waals surface area contributed by atoms with Crippen LogP contribution in [0.3, 0.4) is 0 Å². The first-order valence-corrected chi connectivity index (χ1v) is 11.2. The number of carboxylic acids is 1. The average Bonchev–Trinajstić information content (AvgIpc) is 3.31. The molecule has 35 heavy (non-hydrogen) atoms. The number of nitrogens with zero attached hydrogens (tertiary/aromatic N) is 3. The summed E-state index contributed by atoms with van der Waals surface area (Å²) < 4.78 is 16.0. The van der Waals surface area contributed by atoms with Gasteiger partial charge in [0.15, 0.2) is 11.5 Å². The first-order valence-electron chi connectivity index (χ1n) is 10.8. The zero-order chi connectivity index (χ0) is 25.1. The van der Waals surface area contributed by atoms with E-state index in [-0.39, 0.29) is 18.0 Å². The van der Waals surface area contributed by atoms with E-state index in [9.17, 15) is 9.59 Å². The van der Waals surface area contributed by atoms with E-state index in [1.807, 2.05) is 18.2 Å². The van der Waals surface area contributed by atoms with Crippen molar-refractivity contribution in [3.05, 3.63) is 58.7 Å². The Balaban J connectivity index is 1.76. The molecule has 1 atom stereocenters. The van der Waals surface area contributed by atoms with Crippen LogP contribution in [-0.2, 0) is 9.59 Å². The van der Waals surface area contributed by atoms with Crippen LogP contribution in [0.2, 0.25) is 5.15 Å². The van der Waals surface area contributed by atoms with Gasteiger partial charge in [-0.25, -0.2) is 9.99 Å². The third kappa shape index (κ3) is 5.00. The highest BCUT2D eigenvalue weighted by molar-refractivity contribution is 6.30. The summed E-state index contributed by atoms with van der Waals surface area (Å²) in [6.07, 6.45) is -0.143. The molecule has 1 amide bonds. The number of methoxy groups -OCH3 is 3. The number of rotatable bonds is 8. The maximum absolute atomic E-state index is 13.0. The molecule has 1 aliphatic rings. The van der Waals surface area contributed by atoms with Crippen molar-refractivity contribution in [2.45, 2.75) is 25.3 Å². The van der Waals surface area contributed by atoms with Crippen molar-refractivity contribution in [2.75, 3.05) is 21.3 Å². The Morgan fingerprint density at radius 1 is 1.03 bits per heavy atom. The predicted molar refractivity (Wildman–Crippen MR) is 130 cm³/mol. The van der Waals surface area contributed by atoms with Crippen molar-refractivity contribution in [3.8, 4) is 17.2 Å². The number of carbonyl (C=O) groups excluding carboxylic acids is 1. The van der Waals surface area contributed by atoms with Crippen molar-refractivity contribution >= 4 is 40.1 Å². The number of hydrogen-bond donors (Lipinski definition) is 1. The molecule has 0 bridgehead atoms. The van der Waals surface area contributed by atoms with Gasteiger partial charge in [0.1, 0.15) is 10.9 Å². The molecule has 2 aromatic carbocycles. The summed E-state index contributed by atoms with van der Waals surface area (Å²) in [5.74, 6) is 0.273. The number of carboxylic acid groups (broad SMARTS) is 1. The molecule has 4 rings (SSSR count). The van der Waals surface area contributed by atoms with Gasteiger partial charge in [-0.1, -0.05) is 11.6 Å². The van der Waals surface area contributed by atoms with Crippen molar-refractivity contribution in [1.82, 2.24) is 9.99 Å². The van der Waals surface area contributed by atoms with Gasteiger partial charge in [0.2, 0.25) is 5.91 Å². The molecule has 1 N–H and O–H groups in total. The van der Waals surface area contributed by atoms with E-state index < -0.39 is 17.9 Å². The smallest absolute Gasteiger partial charge is 0.303 e. The number of hydrazone groups is 1. The fourth-order valence-electron chi connectivity index (χ4n) is 4.01. The van der Waals surface area contributed by atoms with Crippen molar-refractivity contribution in [3.63, 3.8) is 0 Å². The molecule has 1 unspecified atom stereocenters. The minimum Gasteiger partial charge on any atom is -0.497 e. The molecule has 0 fully saturated rings. The minimum atomic E-state index is -1.06. The van der Waals surface area contributed by atoms with Crippen molar-refractivity contribution in [1.29, 1.82) is 0 Å². The van der Waals surface area contributed by atoms with Crippen LogP contribution in [0.25, 0.3) is 10.9 Å². The number of hydrogen-bond acceptors (Lipinski definition) is 7. The summed E-state index contributed by atoms with van der Waals surface area (Å²) in [5.41, 5.74) is 2.66. The van der Waals surface area contributed by atoms with E-state index in [2.05, 4.69) is 10.1 Å². The Morgan fingerprint density at radius 3 is 2.49 bits per heavy atom. The van der Waals surface area contributed by atoms with Gasteiger partial charge < -0.3 is 19.3 Å². The van der Waals surface area contributed by atoms with Gasteiger partial charge >= 0.3 is 5.97 Å². The molecule has 0 spiro atoms. The van der Waals surface area contributed by atoms with Gasteiger partial charge in [-0.2, -0.15) is 5.10 Å². The van der Waals surface area contributed by atoms with Crippen molar-refractivity contribution in [2.24, 2.45) is 5.10 Å².